The van der Waals surface area contributed by atoms with E-state index in [4.69, 9.17) is 5.73 Å². The highest BCUT2D eigenvalue weighted by Crippen LogP contribution is 2.11. The summed E-state index contributed by atoms with van der Waals surface area (Å²) in [5.74, 6) is -0.355. The molecule has 0 aliphatic carbocycles. The Balaban J connectivity index is 0.000000671. The lowest BCUT2D eigenvalue weighted by molar-refractivity contribution is 0.0999. The fraction of sp³-hybridized carbons (Fsp3) is 0.364. The van der Waals surface area contributed by atoms with E-state index in [9.17, 15) is 4.79 Å². The lowest BCUT2D eigenvalue weighted by Gasteiger charge is -2.03. The minimum atomic E-state index is -0.355. The first-order chi connectivity index (χ1) is 6.13. The van der Waals surface area contributed by atoms with Crippen molar-refractivity contribution in [3.63, 3.8) is 0 Å². The van der Waals surface area contributed by atoms with Crippen molar-refractivity contribution in [2.45, 2.75) is 27.7 Å². The van der Waals surface area contributed by atoms with Gasteiger partial charge in [-0.15, -0.1) is 0 Å². The van der Waals surface area contributed by atoms with Crippen molar-refractivity contribution in [3.8, 4) is 0 Å². The molecule has 0 aromatic heterocycles. The third-order valence-electron chi connectivity index (χ3n) is 1.87. The Morgan fingerprint density at radius 2 is 1.77 bits per heavy atom. The van der Waals surface area contributed by atoms with Crippen molar-refractivity contribution in [3.05, 3.63) is 34.9 Å². The molecule has 13 heavy (non-hydrogen) atoms. The van der Waals surface area contributed by atoms with Gasteiger partial charge in [-0.05, 0) is 31.0 Å². The van der Waals surface area contributed by atoms with Crippen LogP contribution in [0, 0.1) is 13.8 Å². The van der Waals surface area contributed by atoms with Gasteiger partial charge in [0.05, 0.1) is 0 Å². The Morgan fingerprint density at radius 1 is 1.23 bits per heavy atom. The van der Waals surface area contributed by atoms with Gasteiger partial charge in [-0.3, -0.25) is 4.79 Å². The van der Waals surface area contributed by atoms with E-state index in [1.165, 1.54) is 0 Å². The average molecular weight is 179 g/mol. The van der Waals surface area contributed by atoms with Crippen LogP contribution in [0.1, 0.15) is 35.3 Å². The molecule has 0 aliphatic rings. The van der Waals surface area contributed by atoms with Crippen molar-refractivity contribution >= 4 is 5.91 Å². The summed E-state index contributed by atoms with van der Waals surface area (Å²) in [7, 11) is 0. The normalized spacial score (nSPS) is 8.62. The summed E-state index contributed by atoms with van der Waals surface area (Å²) in [5.41, 5.74) is 7.83. The molecule has 1 aromatic rings. The standard InChI is InChI=1S/C9H11NO.C2H6/c1-6-4-3-5-8(7(6)2)9(10)11;1-2/h3-5H,1-2H3,(H2,10,11);1-2H3. The summed E-state index contributed by atoms with van der Waals surface area (Å²) >= 11 is 0. The molecule has 0 fully saturated rings. The molecular formula is C11H17NO. The van der Waals surface area contributed by atoms with Crippen molar-refractivity contribution < 1.29 is 4.79 Å². The molecule has 0 saturated carbocycles. The Hall–Kier alpha value is -1.31. The first-order valence-corrected chi connectivity index (χ1v) is 4.49. The number of hydrogen-bond acceptors (Lipinski definition) is 1. The number of benzene rings is 1. The van der Waals surface area contributed by atoms with E-state index in [2.05, 4.69) is 0 Å². The molecule has 0 aliphatic heterocycles. The van der Waals surface area contributed by atoms with E-state index in [1.807, 2.05) is 39.8 Å². The van der Waals surface area contributed by atoms with Gasteiger partial charge in [0.15, 0.2) is 0 Å². The van der Waals surface area contributed by atoms with Gasteiger partial charge in [-0.1, -0.05) is 26.0 Å². The zero-order valence-electron chi connectivity index (χ0n) is 8.72. The second kappa shape index (κ2) is 5.36. The van der Waals surface area contributed by atoms with Crippen LogP contribution in [0.5, 0.6) is 0 Å². The highest BCUT2D eigenvalue weighted by Gasteiger charge is 2.04. The summed E-state index contributed by atoms with van der Waals surface area (Å²) < 4.78 is 0. The van der Waals surface area contributed by atoms with Crippen molar-refractivity contribution in [1.29, 1.82) is 0 Å². The van der Waals surface area contributed by atoms with Gasteiger partial charge in [-0.25, -0.2) is 0 Å². The van der Waals surface area contributed by atoms with Crippen LogP contribution in [0.25, 0.3) is 0 Å². The number of hydrogen-bond donors (Lipinski definition) is 1. The molecule has 1 amide bonds. The zero-order valence-corrected chi connectivity index (χ0v) is 8.72. The molecule has 0 bridgehead atoms. The molecule has 2 heteroatoms. The predicted octanol–water partition coefficient (Wildman–Crippen LogP) is 2.43. The van der Waals surface area contributed by atoms with E-state index < -0.39 is 0 Å². The Kier molecular flexibility index (Phi) is 4.82. The fourth-order valence-electron chi connectivity index (χ4n) is 1.02. The maximum atomic E-state index is 10.8. The van der Waals surface area contributed by atoms with Gasteiger partial charge in [0, 0.05) is 5.56 Å². The number of rotatable bonds is 1. The highest BCUT2D eigenvalue weighted by molar-refractivity contribution is 5.94. The fourth-order valence-corrected chi connectivity index (χ4v) is 1.02. The molecule has 2 nitrogen and oxygen atoms in total. The van der Waals surface area contributed by atoms with Crippen molar-refractivity contribution in [2.75, 3.05) is 0 Å². The number of primary amides is 1. The number of nitrogens with two attached hydrogens (primary N) is 1. The summed E-state index contributed by atoms with van der Waals surface area (Å²) in [5, 5.41) is 0. The Bertz CT molecular complexity index is 292. The lowest BCUT2D eigenvalue weighted by Crippen LogP contribution is -2.12. The molecule has 1 aromatic carbocycles. The van der Waals surface area contributed by atoms with Gasteiger partial charge < -0.3 is 5.73 Å². The topological polar surface area (TPSA) is 43.1 Å². The van der Waals surface area contributed by atoms with Crippen LogP contribution in [0.15, 0.2) is 18.2 Å². The smallest absolute Gasteiger partial charge is 0.248 e. The molecule has 72 valence electrons. The van der Waals surface area contributed by atoms with Crippen LogP contribution < -0.4 is 5.73 Å². The van der Waals surface area contributed by atoms with Gasteiger partial charge >= 0.3 is 0 Å². The summed E-state index contributed by atoms with van der Waals surface area (Å²) in [6, 6.07) is 5.54. The summed E-state index contributed by atoms with van der Waals surface area (Å²) in [4.78, 5) is 10.8. The Morgan fingerprint density at radius 3 is 2.15 bits per heavy atom. The zero-order chi connectivity index (χ0) is 10.4. The van der Waals surface area contributed by atoms with Gasteiger partial charge in [0.1, 0.15) is 0 Å². The second-order valence-electron chi connectivity index (χ2n) is 2.61. The number of carbonyl (C=O) groups is 1. The van der Waals surface area contributed by atoms with Crippen LogP contribution in [0.4, 0.5) is 0 Å². The van der Waals surface area contributed by atoms with E-state index >= 15 is 0 Å². The molecule has 0 unspecified atom stereocenters. The molecular weight excluding hydrogens is 162 g/mol. The molecule has 0 heterocycles. The number of carbonyl (C=O) groups excluding carboxylic acids is 1. The van der Waals surface area contributed by atoms with E-state index in [0.29, 0.717) is 5.56 Å². The molecule has 1 rings (SSSR count). The molecule has 0 atom stereocenters. The number of aryl methyl sites for hydroxylation is 1. The average Bonchev–Trinajstić information content (AvgIpc) is 2.13. The van der Waals surface area contributed by atoms with Gasteiger partial charge in [0.2, 0.25) is 5.91 Å². The first kappa shape index (κ1) is 11.7. The maximum Gasteiger partial charge on any atom is 0.248 e. The highest BCUT2D eigenvalue weighted by atomic mass is 16.1. The van der Waals surface area contributed by atoms with E-state index in [1.54, 1.807) is 6.07 Å². The minimum Gasteiger partial charge on any atom is -0.366 e. The third kappa shape index (κ3) is 2.90. The van der Waals surface area contributed by atoms with Gasteiger partial charge in [-0.2, -0.15) is 0 Å². The minimum absolute atomic E-state index is 0.355. The van der Waals surface area contributed by atoms with Gasteiger partial charge in [0.25, 0.3) is 0 Å². The molecule has 2 N–H and O–H groups in total. The van der Waals surface area contributed by atoms with E-state index in [-0.39, 0.29) is 5.91 Å². The molecule has 0 spiro atoms. The maximum absolute atomic E-state index is 10.8. The Labute approximate surface area is 79.8 Å². The van der Waals surface area contributed by atoms with Crippen LogP contribution in [-0.4, -0.2) is 5.91 Å². The van der Waals surface area contributed by atoms with Crippen molar-refractivity contribution in [1.82, 2.24) is 0 Å². The van der Waals surface area contributed by atoms with Crippen LogP contribution in [-0.2, 0) is 0 Å². The SMILES string of the molecule is CC.Cc1cccc(C(N)=O)c1C. The van der Waals surface area contributed by atoms with Crippen molar-refractivity contribution in [2.24, 2.45) is 5.73 Å². The summed E-state index contributed by atoms with van der Waals surface area (Å²) in [6.45, 7) is 7.86. The van der Waals surface area contributed by atoms with Crippen LogP contribution in [0.3, 0.4) is 0 Å². The van der Waals surface area contributed by atoms with Crippen LogP contribution >= 0.6 is 0 Å². The predicted molar refractivity (Wildman–Crippen MR) is 55.8 cm³/mol. The first-order valence-electron chi connectivity index (χ1n) is 4.49. The quantitative estimate of drug-likeness (QED) is 0.707. The second-order valence-corrected chi connectivity index (χ2v) is 2.61. The van der Waals surface area contributed by atoms with Crippen LogP contribution in [0.2, 0.25) is 0 Å². The van der Waals surface area contributed by atoms with E-state index in [0.717, 1.165) is 11.1 Å². The number of amides is 1. The third-order valence-corrected chi connectivity index (χ3v) is 1.87. The molecule has 0 saturated heterocycles. The largest absolute Gasteiger partial charge is 0.366 e. The monoisotopic (exact) mass is 179 g/mol. The summed E-state index contributed by atoms with van der Waals surface area (Å²) in [6.07, 6.45) is 0. The molecule has 0 radical (unpaired) electrons. The lowest BCUT2D eigenvalue weighted by atomic mass is 10.0.